The molecule has 0 aliphatic heterocycles. The van der Waals surface area contributed by atoms with Crippen LogP contribution in [0.4, 0.5) is 10.2 Å². The Balaban J connectivity index is 1.29. The molecule has 0 atom stereocenters. The SMILES string of the molecule is O=C(Nc1cn2nc(-c3c(-c4ccc(F)cc4)nc4ccccn34)ccc2n1)c1ccnc2[nH]cnc12. The number of fused-ring (bicyclic) bond motifs is 3. The largest absolute Gasteiger partial charge is 0.329 e. The van der Waals surface area contributed by atoms with Crippen molar-refractivity contribution in [2.75, 3.05) is 5.32 Å². The van der Waals surface area contributed by atoms with Crippen molar-refractivity contribution in [1.29, 1.82) is 0 Å². The van der Waals surface area contributed by atoms with E-state index in [1.54, 1.807) is 35.1 Å². The quantitative estimate of drug-likeness (QED) is 0.379. The summed E-state index contributed by atoms with van der Waals surface area (Å²) in [5.41, 5.74) is 5.50. The van der Waals surface area contributed by atoms with Crippen molar-refractivity contribution >= 4 is 34.2 Å². The van der Waals surface area contributed by atoms with Crippen LogP contribution < -0.4 is 5.32 Å². The van der Waals surface area contributed by atoms with Gasteiger partial charge in [-0.05, 0) is 54.6 Å². The van der Waals surface area contributed by atoms with Crippen molar-refractivity contribution in [1.82, 2.24) is 38.9 Å². The van der Waals surface area contributed by atoms with E-state index < -0.39 is 0 Å². The number of amides is 1. The zero-order valence-corrected chi connectivity index (χ0v) is 19.0. The maximum atomic E-state index is 13.6. The average Bonchev–Trinajstić information content (AvgIpc) is 3.64. The average molecular weight is 489 g/mol. The molecule has 6 heterocycles. The summed E-state index contributed by atoms with van der Waals surface area (Å²) in [6.07, 6.45) is 6.58. The molecule has 7 rings (SSSR count). The summed E-state index contributed by atoms with van der Waals surface area (Å²) >= 11 is 0. The highest BCUT2D eigenvalue weighted by Crippen LogP contribution is 2.32. The number of benzene rings is 1. The highest BCUT2D eigenvalue weighted by molar-refractivity contribution is 6.10. The fraction of sp³-hybridized carbons (Fsp3) is 0. The molecule has 6 aromatic heterocycles. The van der Waals surface area contributed by atoms with Crippen LogP contribution in [0.2, 0.25) is 0 Å². The van der Waals surface area contributed by atoms with Gasteiger partial charge in [0.05, 0.1) is 23.8 Å². The second-order valence-electron chi connectivity index (χ2n) is 8.30. The van der Waals surface area contributed by atoms with Gasteiger partial charge in [0.25, 0.3) is 5.91 Å². The van der Waals surface area contributed by atoms with Crippen LogP contribution in [0.5, 0.6) is 0 Å². The lowest BCUT2D eigenvalue weighted by molar-refractivity contribution is 0.102. The fourth-order valence-corrected chi connectivity index (χ4v) is 4.33. The molecule has 1 amide bonds. The van der Waals surface area contributed by atoms with E-state index in [9.17, 15) is 9.18 Å². The molecule has 0 unspecified atom stereocenters. The second kappa shape index (κ2) is 8.05. The number of imidazole rings is 3. The molecule has 0 aliphatic carbocycles. The number of hydrogen-bond donors (Lipinski definition) is 2. The Morgan fingerprint density at radius 3 is 2.73 bits per heavy atom. The Morgan fingerprint density at radius 2 is 1.84 bits per heavy atom. The molecular formula is C26H16FN9O. The monoisotopic (exact) mass is 489 g/mol. The van der Waals surface area contributed by atoms with Crippen LogP contribution in [0.25, 0.3) is 45.1 Å². The number of carbonyl (C=O) groups is 1. The highest BCUT2D eigenvalue weighted by Gasteiger charge is 2.19. The van der Waals surface area contributed by atoms with Crippen LogP contribution >= 0.6 is 0 Å². The lowest BCUT2D eigenvalue weighted by atomic mass is 10.1. The first-order chi connectivity index (χ1) is 18.1. The first-order valence-corrected chi connectivity index (χ1v) is 11.3. The minimum Gasteiger partial charge on any atom is -0.329 e. The summed E-state index contributed by atoms with van der Waals surface area (Å²) in [5.74, 6) is -0.336. The minimum atomic E-state index is -0.358. The molecule has 0 spiro atoms. The highest BCUT2D eigenvalue weighted by atomic mass is 19.1. The van der Waals surface area contributed by atoms with Crippen LogP contribution in [0.15, 0.2) is 85.6 Å². The molecule has 0 saturated carbocycles. The van der Waals surface area contributed by atoms with Crippen LogP contribution in [0, 0.1) is 5.82 Å². The van der Waals surface area contributed by atoms with Gasteiger partial charge >= 0.3 is 0 Å². The van der Waals surface area contributed by atoms with Gasteiger partial charge in [-0.25, -0.2) is 28.8 Å². The van der Waals surface area contributed by atoms with Gasteiger partial charge in [0.1, 0.15) is 28.4 Å². The molecule has 11 heteroatoms. The molecular weight excluding hydrogens is 473 g/mol. The van der Waals surface area contributed by atoms with Gasteiger partial charge in [0, 0.05) is 18.0 Å². The molecule has 2 N–H and O–H groups in total. The Labute approximate surface area is 207 Å². The molecule has 7 aromatic rings. The number of H-pyrrole nitrogens is 1. The smallest absolute Gasteiger partial charge is 0.259 e. The number of anilines is 1. The van der Waals surface area contributed by atoms with E-state index in [-0.39, 0.29) is 11.7 Å². The molecule has 0 saturated heterocycles. The number of nitrogens with one attached hydrogen (secondary N) is 2. The fourth-order valence-electron chi connectivity index (χ4n) is 4.33. The van der Waals surface area contributed by atoms with Gasteiger partial charge in [-0.1, -0.05) is 6.07 Å². The van der Waals surface area contributed by atoms with Gasteiger partial charge in [-0.3, -0.25) is 9.20 Å². The normalized spacial score (nSPS) is 11.5. The first kappa shape index (κ1) is 20.9. The summed E-state index contributed by atoms with van der Waals surface area (Å²) in [6.45, 7) is 0. The third kappa shape index (κ3) is 3.48. The van der Waals surface area contributed by atoms with E-state index in [1.807, 2.05) is 40.9 Å². The van der Waals surface area contributed by atoms with E-state index >= 15 is 0 Å². The number of aromatic nitrogens is 8. The van der Waals surface area contributed by atoms with Crippen molar-refractivity contribution in [2.45, 2.75) is 0 Å². The van der Waals surface area contributed by atoms with E-state index in [0.29, 0.717) is 39.6 Å². The maximum Gasteiger partial charge on any atom is 0.259 e. The molecule has 10 nitrogen and oxygen atoms in total. The third-order valence-electron chi connectivity index (χ3n) is 6.02. The zero-order valence-electron chi connectivity index (χ0n) is 19.0. The number of hydrogen-bond acceptors (Lipinski definition) is 6. The van der Waals surface area contributed by atoms with Crippen LogP contribution in [-0.4, -0.2) is 44.8 Å². The lowest BCUT2D eigenvalue weighted by Crippen LogP contribution is -2.12. The van der Waals surface area contributed by atoms with E-state index in [0.717, 1.165) is 16.9 Å². The zero-order chi connectivity index (χ0) is 24.9. The summed E-state index contributed by atoms with van der Waals surface area (Å²) < 4.78 is 17.1. The van der Waals surface area contributed by atoms with Crippen LogP contribution in [0.1, 0.15) is 10.4 Å². The van der Waals surface area contributed by atoms with Gasteiger partial charge in [-0.2, -0.15) is 5.10 Å². The van der Waals surface area contributed by atoms with Gasteiger partial charge in [0.15, 0.2) is 17.1 Å². The molecule has 178 valence electrons. The van der Waals surface area contributed by atoms with Crippen molar-refractivity contribution < 1.29 is 9.18 Å². The van der Waals surface area contributed by atoms with Gasteiger partial charge in [0.2, 0.25) is 0 Å². The van der Waals surface area contributed by atoms with E-state index in [2.05, 4.69) is 25.3 Å². The molecule has 0 bridgehead atoms. The maximum absolute atomic E-state index is 13.6. The second-order valence-corrected chi connectivity index (χ2v) is 8.30. The Bertz CT molecular complexity index is 1950. The van der Waals surface area contributed by atoms with Crippen molar-refractivity contribution in [3.8, 4) is 22.6 Å². The standard InChI is InChI=1S/C26H16FN9O/c27-16-6-4-15(5-7-16)22-24(35-12-2-1-3-20(35)33-22)18-8-9-21-31-19(13-36(21)34-18)32-26(37)17-10-11-28-25-23(17)29-14-30-25/h1-14H,(H,32,37)(H,28,29,30). The molecule has 0 radical (unpaired) electrons. The molecule has 0 fully saturated rings. The molecule has 37 heavy (non-hydrogen) atoms. The number of nitrogens with zero attached hydrogens (tertiary/aromatic N) is 7. The van der Waals surface area contributed by atoms with E-state index in [1.165, 1.54) is 18.5 Å². The number of rotatable bonds is 4. The summed E-state index contributed by atoms with van der Waals surface area (Å²) in [5, 5.41) is 7.56. The Morgan fingerprint density at radius 1 is 0.946 bits per heavy atom. The summed E-state index contributed by atoms with van der Waals surface area (Å²) in [7, 11) is 0. The van der Waals surface area contributed by atoms with Gasteiger partial charge in [-0.15, -0.1) is 0 Å². The first-order valence-electron chi connectivity index (χ1n) is 11.3. The number of halogens is 1. The van der Waals surface area contributed by atoms with Crippen molar-refractivity contribution in [3.05, 3.63) is 97.0 Å². The number of carbonyl (C=O) groups excluding carboxylic acids is 1. The summed E-state index contributed by atoms with van der Waals surface area (Å²) in [4.78, 5) is 33.4. The number of aromatic amines is 1. The Hall–Kier alpha value is -5.45. The van der Waals surface area contributed by atoms with Crippen molar-refractivity contribution in [3.63, 3.8) is 0 Å². The van der Waals surface area contributed by atoms with Crippen molar-refractivity contribution in [2.24, 2.45) is 0 Å². The molecule has 0 aliphatic rings. The topological polar surface area (TPSA) is 118 Å². The van der Waals surface area contributed by atoms with Crippen LogP contribution in [-0.2, 0) is 0 Å². The third-order valence-corrected chi connectivity index (χ3v) is 6.02. The predicted molar refractivity (Wildman–Crippen MR) is 134 cm³/mol. The van der Waals surface area contributed by atoms with E-state index in [4.69, 9.17) is 10.1 Å². The minimum absolute atomic E-state index is 0.318. The predicted octanol–water partition coefficient (Wildman–Crippen LogP) is 4.37. The summed E-state index contributed by atoms with van der Waals surface area (Å²) in [6, 6.07) is 17.2. The Kier molecular flexibility index (Phi) is 4.55. The lowest BCUT2D eigenvalue weighted by Gasteiger charge is -2.05. The number of pyridine rings is 2. The molecule has 1 aromatic carbocycles. The van der Waals surface area contributed by atoms with Gasteiger partial charge < -0.3 is 10.3 Å². The van der Waals surface area contributed by atoms with Crippen LogP contribution in [0.3, 0.4) is 0 Å².